The molecule has 0 spiro atoms. The molecule has 132 valence electrons. The molecule has 1 aromatic rings. The number of benzene rings is 1. The molecule has 4 heteroatoms. The Hall–Kier alpha value is -1.55. The number of carbonyl (C=O) groups excluding carboxylic acids is 1. The van der Waals surface area contributed by atoms with Gasteiger partial charge in [0.2, 0.25) is 0 Å². The van der Waals surface area contributed by atoms with Crippen LogP contribution in [0.15, 0.2) is 30.3 Å². The van der Waals surface area contributed by atoms with Crippen LogP contribution < -0.4 is 5.32 Å². The SMILES string of the molecule is CC1CC(NC(=O)OCc2ccccc2)CN(C(C)C2CCC2)C1. The van der Waals surface area contributed by atoms with Crippen molar-refractivity contribution in [3.8, 4) is 0 Å². The minimum atomic E-state index is -0.297. The van der Waals surface area contributed by atoms with Crippen LogP contribution in [0.5, 0.6) is 0 Å². The van der Waals surface area contributed by atoms with E-state index >= 15 is 0 Å². The largest absolute Gasteiger partial charge is 0.445 e. The lowest BCUT2D eigenvalue weighted by Gasteiger charge is -2.45. The maximum atomic E-state index is 12.1. The van der Waals surface area contributed by atoms with E-state index in [4.69, 9.17) is 4.74 Å². The lowest BCUT2D eigenvalue weighted by atomic mass is 9.79. The summed E-state index contributed by atoms with van der Waals surface area (Å²) in [6, 6.07) is 10.6. The molecular formula is C20H30N2O2. The van der Waals surface area contributed by atoms with Crippen molar-refractivity contribution in [2.24, 2.45) is 11.8 Å². The van der Waals surface area contributed by atoms with Gasteiger partial charge >= 0.3 is 6.09 Å². The summed E-state index contributed by atoms with van der Waals surface area (Å²) < 4.78 is 5.37. The van der Waals surface area contributed by atoms with Crippen molar-refractivity contribution in [3.63, 3.8) is 0 Å². The minimum Gasteiger partial charge on any atom is -0.445 e. The summed E-state index contributed by atoms with van der Waals surface area (Å²) in [4.78, 5) is 14.7. The molecule has 3 atom stereocenters. The number of nitrogens with one attached hydrogen (secondary N) is 1. The zero-order valence-electron chi connectivity index (χ0n) is 14.9. The first-order valence-corrected chi connectivity index (χ1v) is 9.33. The molecule has 1 saturated heterocycles. The van der Waals surface area contributed by atoms with E-state index < -0.39 is 0 Å². The monoisotopic (exact) mass is 330 g/mol. The van der Waals surface area contributed by atoms with Gasteiger partial charge in [0.15, 0.2) is 0 Å². The van der Waals surface area contributed by atoms with Crippen LogP contribution in [0.2, 0.25) is 0 Å². The third-order valence-corrected chi connectivity index (χ3v) is 5.63. The first-order chi connectivity index (χ1) is 11.6. The molecule has 1 N–H and O–H groups in total. The molecule has 3 unspecified atom stereocenters. The lowest BCUT2D eigenvalue weighted by Crippen LogP contribution is -2.54. The molecule has 0 aromatic heterocycles. The maximum absolute atomic E-state index is 12.1. The Bertz CT molecular complexity index is 530. The van der Waals surface area contributed by atoms with E-state index in [1.54, 1.807) is 0 Å². The number of rotatable bonds is 5. The highest BCUT2D eigenvalue weighted by Gasteiger charge is 2.34. The predicted octanol–water partition coefficient (Wildman–Crippen LogP) is 3.81. The second-order valence-corrected chi connectivity index (χ2v) is 7.63. The smallest absolute Gasteiger partial charge is 0.407 e. The van der Waals surface area contributed by atoms with E-state index in [1.165, 1.54) is 19.3 Å². The molecular weight excluding hydrogens is 300 g/mol. The van der Waals surface area contributed by atoms with Crippen LogP contribution in [0.25, 0.3) is 0 Å². The number of likely N-dealkylation sites (tertiary alicyclic amines) is 1. The highest BCUT2D eigenvalue weighted by molar-refractivity contribution is 5.67. The molecule has 2 fully saturated rings. The van der Waals surface area contributed by atoms with Crippen molar-refractivity contribution in [3.05, 3.63) is 35.9 Å². The minimum absolute atomic E-state index is 0.194. The molecule has 1 aliphatic heterocycles. The van der Waals surface area contributed by atoms with Crippen molar-refractivity contribution in [1.29, 1.82) is 0 Å². The predicted molar refractivity (Wildman–Crippen MR) is 95.7 cm³/mol. The Morgan fingerprint density at radius 1 is 1.29 bits per heavy atom. The lowest BCUT2D eigenvalue weighted by molar-refractivity contribution is 0.0529. The molecule has 3 rings (SSSR count). The van der Waals surface area contributed by atoms with Gasteiger partial charge in [-0.2, -0.15) is 0 Å². The second-order valence-electron chi connectivity index (χ2n) is 7.63. The summed E-state index contributed by atoms with van der Waals surface area (Å²) >= 11 is 0. The van der Waals surface area contributed by atoms with Gasteiger partial charge in [0.05, 0.1) is 0 Å². The number of hydrogen-bond donors (Lipinski definition) is 1. The fourth-order valence-corrected chi connectivity index (χ4v) is 3.98. The van der Waals surface area contributed by atoms with Gasteiger partial charge in [-0.15, -0.1) is 0 Å². The van der Waals surface area contributed by atoms with Crippen LogP contribution >= 0.6 is 0 Å². The molecule has 1 saturated carbocycles. The van der Waals surface area contributed by atoms with Crippen LogP contribution in [0.4, 0.5) is 4.79 Å². The Kier molecular flexibility index (Phi) is 5.77. The Balaban J connectivity index is 1.47. The number of nitrogens with zero attached hydrogens (tertiary/aromatic N) is 1. The van der Waals surface area contributed by atoms with Gasteiger partial charge in [-0.1, -0.05) is 43.7 Å². The molecule has 4 nitrogen and oxygen atoms in total. The quantitative estimate of drug-likeness (QED) is 0.892. The van der Waals surface area contributed by atoms with E-state index in [-0.39, 0.29) is 12.1 Å². The fraction of sp³-hybridized carbons (Fsp3) is 0.650. The number of piperidine rings is 1. The van der Waals surface area contributed by atoms with E-state index in [1.807, 2.05) is 30.3 Å². The van der Waals surface area contributed by atoms with Crippen LogP contribution in [0.1, 0.15) is 45.1 Å². The summed E-state index contributed by atoms with van der Waals surface area (Å²) in [7, 11) is 0. The third kappa shape index (κ3) is 4.50. The average Bonchev–Trinajstić information content (AvgIpc) is 2.51. The topological polar surface area (TPSA) is 41.6 Å². The van der Waals surface area contributed by atoms with Crippen LogP contribution in [0.3, 0.4) is 0 Å². The van der Waals surface area contributed by atoms with Gasteiger partial charge in [0.1, 0.15) is 6.61 Å². The normalized spacial score (nSPS) is 26.4. The Morgan fingerprint density at radius 2 is 2.04 bits per heavy atom. The average molecular weight is 330 g/mol. The highest BCUT2D eigenvalue weighted by atomic mass is 16.5. The van der Waals surface area contributed by atoms with Crippen molar-refractivity contribution in [2.45, 2.75) is 58.2 Å². The van der Waals surface area contributed by atoms with Gasteiger partial charge in [-0.05, 0) is 43.6 Å². The first kappa shape index (κ1) is 17.3. The summed E-state index contributed by atoms with van der Waals surface area (Å²) in [5.74, 6) is 1.46. The van der Waals surface area contributed by atoms with E-state index in [0.29, 0.717) is 18.6 Å². The van der Waals surface area contributed by atoms with Gasteiger partial charge in [-0.3, -0.25) is 4.90 Å². The molecule has 1 heterocycles. The van der Waals surface area contributed by atoms with Gasteiger partial charge < -0.3 is 10.1 Å². The molecule has 24 heavy (non-hydrogen) atoms. The molecule has 0 radical (unpaired) electrons. The van der Waals surface area contributed by atoms with Crippen LogP contribution in [-0.4, -0.2) is 36.2 Å². The van der Waals surface area contributed by atoms with E-state index in [0.717, 1.165) is 31.0 Å². The zero-order valence-corrected chi connectivity index (χ0v) is 14.9. The first-order valence-electron chi connectivity index (χ1n) is 9.33. The molecule has 2 aliphatic rings. The van der Waals surface area contributed by atoms with E-state index in [2.05, 4.69) is 24.1 Å². The van der Waals surface area contributed by atoms with Crippen molar-refractivity contribution < 1.29 is 9.53 Å². The molecule has 0 bridgehead atoms. The van der Waals surface area contributed by atoms with Gasteiger partial charge in [0, 0.05) is 25.2 Å². The molecule has 1 amide bonds. The molecule has 1 aromatic carbocycles. The molecule has 1 aliphatic carbocycles. The summed E-state index contributed by atoms with van der Waals surface area (Å²) in [6.45, 7) is 7.06. The van der Waals surface area contributed by atoms with Crippen LogP contribution in [0, 0.1) is 11.8 Å². The van der Waals surface area contributed by atoms with Crippen LogP contribution in [-0.2, 0) is 11.3 Å². The number of alkyl carbamates (subject to hydrolysis) is 1. The van der Waals surface area contributed by atoms with Gasteiger partial charge in [0.25, 0.3) is 0 Å². The van der Waals surface area contributed by atoms with Crippen molar-refractivity contribution >= 4 is 6.09 Å². The number of carbonyl (C=O) groups is 1. The summed E-state index contributed by atoms with van der Waals surface area (Å²) in [5.41, 5.74) is 1.02. The van der Waals surface area contributed by atoms with Crippen molar-refractivity contribution in [2.75, 3.05) is 13.1 Å². The summed E-state index contributed by atoms with van der Waals surface area (Å²) in [5, 5.41) is 3.08. The Morgan fingerprint density at radius 3 is 2.71 bits per heavy atom. The zero-order chi connectivity index (χ0) is 16.9. The standard InChI is InChI=1S/C20H30N2O2/c1-15-11-19(13-22(12-15)16(2)18-9-6-10-18)21-20(23)24-14-17-7-4-3-5-8-17/h3-5,7-8,15-16,18-19H,6,9-14H2,1-2H3,(H,21,23). The van der Waals surface area contributed by atoms with Gasteiger partial charge in [-0.25, -0.2) is 4.79 Å². The summed E-state index contributed by atoms with van der Waals surface area (Å²) in [6.07, 6.45) is 4.85. The number of ether oxygens (including phenoxy) is 1. The van der Waals surface area contributed by atoms with Crippen molar-refractivity contribution in [1.82, 2.24) is 10.2 Å². The third-order valence-electron chi connectivity index (χ3n) is 5.63. The van der Waals surface area contributed by atoms with E-state index in [9.17, 15) is 4.79 Å². The number of amides is 1. The highest BCUT2D eigenvalue weighted by Crippen LogP contribution is 2.33. The Labute approximate surface area is 145 Å². The number of hydrogen-bond acceptors (Lipinski definition) is 3. The second kappa shape index (κ2) is 8.02. The maximum Gasteiger partial charge on any atom is 0.407 e. The fourth-order valence-electron chi connectivity index (χ4n) is 3.98.